The minimum Gasteiger partial charge on any atom is -0.0802 e. The van der Waals surface area contributed by atoms with Crippen molar-refractivity contribution in [2.45, 2.75) is 26.2 Å². The van der Waals surface area contributed by atoms with E-state index in [9.17, 15) is 0 Å². The molecule has 1 fully saturated rings. The first kappa shape index (κ1) is 12.0. The van der Waals surface area contributed by atoms with E-state index in [0.29, 0.717) is 5.92 Å². The molecule has 0 radical (unpaired) electrons. The van der Waals surface area contributed by atoms with Gasteiger partial charge in [0, 0.05) is 0 Å². The van der Waals surface area contributed by atoms with E-state index in [1.807, 2.05) is 0 Å². The Morgan fingerprint density at radius 2 is 1.75 bits per heavy atom. The summed E-state index contributed by atoms with van der Waals surface area (Å²) in [4.78, 5) is 0. The molecule has 0 aliphatic heterocycles. The fraction of sp³-hybridized carbons (Fsp3) is 0.300. The maximum Gasteiger partial charge on any atom is -0.0146 e. The van der Waals surface area contributed by atoms with Crippen LogP contribution in [-0.2, 0) is 0 Å². The van der Waals surface area contributed by atoms with Crippen LogP contribution in [0.1, 0.15) is 37.3 Å². The van der Waals surface area contributed by atoms with E-state index >= 15 is 0 Å². The molecule has 2 aliphatic rings. The van der Waals surface area contributed by atoms with Crippen molar-refractivity contribution in [3.8, 4) is 0 Å². The quantitative estimate of drug-likeness (QED) is 0.664. The smallest absolute Gasteiger partial charge is 0.0146 e. The summed E-state index contributed by atoms with van der Waals surface area (Å²) in [5.41, 5.74) is 4.33. The lowest BCUT2D eigenvalue weighted by Crippen LogP contribution is -1.97. The molecule has 2 aromatic carbocycles. The first-order valence-corrected chi connectivity index (χ1v) is 7.65. The van der Waals surface area contributed by atoms with Crippen LogP contribution in [0.4, 0.5) is 0 Å². The molecule has 1 saturated carbocycles. The Hall–Kier alpha value is -1.82. The second-order valence-corrected chi connectivity index (χ2v) is 6.49. The molecule has 0 heterocycles. The van der Waals surface area contributed by atoms with Crippen molar-refractivity contribution in [3.05, 3.63) is 65.8 Å². The van der Waals surface area contributed by atoms with Crippen LogP contribution in [0.3, 0.4) is 0 Å². The average Bonchev–Trinajstić information content (AvgIpc) is 3.24. The highest BCUT2D eigenvalue weighted by Gasteiger charge is 2.35. The van der Waals surface area contributed by atoms with Gasteiger partial charge in [-0.15, -0.1) is 0 Å². The van der Waals surface area contributed by atoms with Crippen molar-refractivity contribution < 1.29 is 0 Å². The van der Waals surface area contributed by atoms with Crippen LogP contribution < -0.4 is 0 Å². The Kier molecular flexibility index (Phi) is 2.60. The molecule has 0 spiro atoms. The van der Waals surface area contributed by atoms with Crippen molar-refractivity contribution in [2.75, 3.05) is 0 Å². The third-order valence-corrected chi connectivity index (χ3v) is 4.66. The first-order valence-electron chi connectivity index (χ1n) is 7.65. The van der Waals surface area contributed by atoms with Crippen LogP contribution in [0.2, 0.25) is 0 Å². The maximum atomic E-state index is 2.49. The van der Waals surface area contributed by atoms with Gasteiger partial charge in [-0.05, 0) is 57.7 Å². The molecule has 2 aliphatic carbocycles. The molecule has 2 atom stereocenters. The van der Waals surface area contributed by atoms with E-state index in [0.717, 1.165) is 11.8 Å². The molecule has 4 rings (SSSR count). The van der Waals surface area contributed by atoms with Gasteiger partial charge in [0.1, 0.15) is 0 Å². The Morgan fingerprint density at radius 3 is 2.45 bits per heavy atom. The lowest BCUT2D eigenvalue weighted by Gasteiger charge is -2.17. The van der Waals surface area contributed by atoms with Crippen molar-refractivity contribution in [1.82, 2.24) is 0 Å². The Morgan fingerprint density at radius 1 is 1.00 bits per heavy atom. The number of allylic oxidation sites excluding steroid dienone is 4. The lowest BCUT2D eigenvalue weighted by molar-refractivity contribution is 0.864. The number of hydrogen-bond acceptors (Lipinski definition) is 0. The van der Waals surface area contributed by atoms with Gasteiger partial charge in [-0.3, -0.25) is 0 Å². The summed E-state index contributed by atoms with van der Waals surface area (Å²) in [5.74, 6) is 2.20. The molecular formula is C20H20. The van der Waals surface area contributed by atoms with Gasteiger partial charge in [-0.2, -0.15) is 0 Å². The predicted molar refractivity (Wildman–Crippen MR) is 86.8 cm³/mol. The van der Waals surface area contributed by atoms with Gasteiger partial charge < -0.3 is 0 Å². The average molecular weight is 260 g/mol. The van der Waals surface area contributed by atoms with E-state index in [1.54, 1.807) is 0 Å². The molecular weight excluding hydrogens is 240 g/mol. The monoisotopic (exact) mass is 260 g/mol. The van der Waals surface area contributed by atoms with Crippen molar-refractivity contribution >= 4 is 16.3 Å². The maximum absolute atomic E-state index is 2.49. The molecule has 0 nitrogen and oxygen atoms in total. The minimum atomic E-state index is 0.556. The van der Waals surface area contributed by atoms with Gasteiger partial charge in [-0.25, -0.2) is 0 Å². The highest BCUT2D eigenvalue weighted by atomic mass is 14.4. The van der Waals surface area contributed by atoms with Gasteiger partial charge >= 0.3 is 0 Å². The normalized spacial score (nSPS) is 23.9. The summed E-state index contributed by atoms with van der Waals surface area (Å²) in [6, 6.07) is 13.4. The first-order chi connectivity index (χ1) is 9.72. The van der Waals surface area contributed by atoms with Crippen molar-refractivity contribution in [1.29, 1.82) is 0 Å². The third-order valence-electron chi connectivity index (χ3n) is 4.66. The lowest BCUT2D eigenvalue weighted by atomic mass is 9.88. The molecule has 0 saturated heterocycles. The molecule has 20 heavy (non-hydrogen) atoms. The van der Waals surface area contributed by atoms with Gasteiger partial charge in [0.15, 0.2) is 0 Å². The van der Waals surface area contributed by atoms with Crippen LogP contribution in [0.25, 0.3) is 16.3 Å². The molecule has 2 aromatic rings. The second kappa shape index (κ2) is 4.34. The van der Waals surface area contributed by atoms with Crippen LogP contribution in [-0.4, -0.2) is 0 Å². The molecule has 0 heteroatoms. The van der Waals surface area contributed by atoms with Crippen molar-refractivity contribution in [3.63, 3.8) is 0 Å². The van der Waals surface area contributed by atoms with E-state index in [-0.39, 0.29) is 0 Å². The zero-order valence-corrected chi connectivity index (χ0v) is 12.1. The fourth-order valence-electron chi connectivity index (χ4n) is 3.33. The molecule has 2 unspecified atom stereocenters. The summed E-state index contributed by atoms with van der Waals surface area (Å²) in [6.45, 7) is 4.58. The SMILES string of the molecule is CC(C)c1cc2ccccc2cc1C1=CC2CC2C=C1. The van der Waals surface area contributed by atoms with Gasteiger partial charge in [0.25, 0.3) is 0 Å². The molecule has 0 bridgehead atoms. The second-order valence-electron chi connectivity index (χ2n) is 6.49. The number of rotatable bonds is 2. The van der Waals surface area contributed by atoms with Crippen LogP contribution in [0.5, 0.6) is 0 Å². The number of fused-ring (bicyclic) bond motifs is 2. The van der Waals surface area contributed by atoms with Gasteiger partial charge in [0.05, 0.1) is 0 Å². The fourth-order valence-corrected chi connectivity index (χ4v) is 3.33. The largest absolute Gasteiger partial charge is 0.0802 e. The summed E-state index contributed by atoms with van der Waals surface area (Å²) in [5, 5.41) is 2.70. The molecule has 100 valence electrons. The summed E-state index contributed by atoms with van der Waals surface area (Å²) < 4.78 is 0. The Labute approximate surface area is 120 Å². The van der Waals surface area contributed by atoms with Crippen LogP contribution >= 0.6 is 0 Å². The zero-order valence-electron chi connectivity index (χ0n) is 12.1. The topological polar surface area (TPSA) is 0 Å². The molecule has 0 N–H and O–H groups in total. The van der Waals surface area contributed by atoms with Crippen LogP contribution in [0.15, 0.2) is 54.6 Å². The van der Waals surface area contributed by atoms with E-state index < -0.39 is 0 Å². The standard InChI is InChI=1S/C20H20/c1-13(2)19-11-14-5-3-4-6-15(14)12-20(19)17-8-7-16-9-18(16)10-17/h3-8,10-13,16,18H,9H2,1-2H3. The number of hydrogen-bond donors (Lipinski definition) is 0. The highest BCUT2D eigenvalue weighted by Crippen LogP contribution is 2.46. The Bertz CT molecular complexity index is 731. The Balaban J connectivity index is 1.92. The molecule has 0 aromatic heterocycles. The summed E-state index contributed by atoms with van der Waals surface area (Å²) in [7, 11) is 0. The number of benzene rings is 2. The zero-order chi connectivity index (χ0) is 13.7. The minimum absolute atomic E-state index is 0.556. The van der Waals surface area contributed by atoms with E-state index in [4.69, 9.17) is 0 Å². The highest BCUT2D eigenvalue weighted by molar-refractivity contribution is 5.90. The van der Waals surface area contributed by atoms with E-state index in [1.165, 1.54) is 33.9 Å². The third kappa shape index (κ3) is 1.91. The summed E-state index contributed by atoms with van der Waals surface area (Å²) in [6.07, 6.45) is 8.58. The predicted octanol–water partition coefficient (Wildman–Crippen LogP) is 5.55. The van der Waals surface area contributed by atoms with Crippen LogP contribution in [0, 0.1) is 11.8 Å². The van der Waals surface area contributed by atoms with Crippen molar-refractivity contribution in [2.24, 2.45) is 11.8 Å². The molecule has 0 amide bonds. The van der Waals surface area contributed by atoms with Gasteiger partial charge in [-0.1, -0.05) is 62.4 Å². The van der Waals surface area contributed by atoms with E-state index in [2.05, 4.69) is 68.5 Å². The summed E-state index contributed by atoms with van der Waals surface area (Å²) >= 11 is 0. The van der Waals surface area contributed by atoms with Gasteiger partial charge in [0.2, 0.25) is 0 Å².